The van der Waals surface area contributed by atoms with E-state index in [1.54, 1.807) is 13.3 Å². The molecule has 29 heavy (non-hydrogen) atoms. The monoisotopic (exact) mass is 409 g/mol. The topological polar surface area (TPSA) is 45.7 Å². The molecule has 150 valence electrons. The fraction of sp³-hybridized carbons (Fsp3) is 0.304. The number of amides is 1. The van der Waals surface area contributed by atoms with Crippen molar-refractivity contribution in [2.24, 2.45) is 0 Å². The van der Waals surface area contributed by atoms with Gasteiger partial charge in [0.15, 0.2) is 0 Å². The second-order valence-corrected chi connectivity index (χ2v) is 7.69. The highest BCUT2D eigenvalue weighted by atomic mass is 35.5. The van der Waals surface area contributed by atoms with Gasteiger partial charge < -0.3 is 9.64 Å². The van der Waals surface area contributed by atoms with Crippen LogP contribution in [0.5, 0.6) is 5.75 Å². The van der Waals surface area contributed by atoms with Crippen LogP contribution >= 0.6 is 11.6 Å². The zero-order valence-corrected chi connectivity index (χ0v) is 17.2. The van der Waals surface area contributed by atoms with E-state index in [4.69, 9.17) is 16.3 Å². The molecular formula is C23H24ClN3O2. The number of nitrogens with zero attached hydrogens (tertiary/aromatic N) is 3. The highest BCUT2D eigenvalue weighted by Gasteiger charge is 2.22. The summed E-state index contributed by atoms with van der Waals surface area (Å²) in [5.74, 6) is 0.934. The number of pyridine rings is 1. The Morgan fingerprint density at radius 2 is 1.93 bits per heavy atom. The molecule has 5 nitrogen and oxygen atoms in total. The molecule has 0 atom stereocenters. The van der Waals surface area contributed by atoms with E-state index in [1.807, 2.05) is 47.4 Å². The molecule has 2 aromatic carbocycles. The highest BCUT2D eigenvalue weighted by molar-refractivity contribution is 6.32. The van der Waals surface area contributed by atoms with E-state index in [9.17, 15) is 4.79 Å². The molecule has 0 unspecified atom stereocenters. The van der Waals surface area contributed by atoms with Gasteiger partial charge in [-0.3, -0.25) is 14.7 Å². The average molecular weight is 410 g/mol. The minimum Gasteiger partial charge on any atom is -0.497 e. The zero-order chi connectivity index (χ0) is 20.2. The van der Waals surface area contributed by atoms with E-state index in [0.29, 0.717) is 6.42 Å². The highest BCUT2D eigenvalue weighted by Crippen LogP contribution is 2.26. The maximum absolute atomic E-state index is 12.7. The normalized spacial score (nSPS) is 14.9. The molecule has 2 heterocycles. The Morgan fingerprint density at radius 1 is 1.10 bits per heavy atom. The maximum atomic E-state index is 12.7. The quantitative estimate of drug-likeness (QED) is 0.643. The van der Waals surface area contributed by atoms with Gasteiger partial charge in [-0.05, 0) is 29.8 Å². The predicted molar refractivity (Wildman–Crippen MR) is 115 cm³/mol. The van der Waals surface area contributed by atoms with Crippen LogP contribution in [0.1, 0.15) is 11.1 Å². The molecule has 0 N–H and O–H groups in total. The van der Waals surface area contributed by atoms with Crippen molar-refractivity contribution in [3.05, 3.63) is 70.9 Å². The molecular weight excluding hydrogens is 386 g/mol. The maximum Gasteiger partial charge on any atom is 0.227 e. The Labute approximate surface area is 175 Å². The van der Waals surface area contributed by atoms with Crippen LogP contribution in [0.3, 0.4) is 0 Å². The number of hydrogen-bond acceptors (Lipinski definition) is 4. The van der Waals surface area contributed by atoms with Crippen molar-refractivity contribution >= 4 is 28.4 Å². The van der Waals surface area contributed by atoms with Gasteiger partial charge in [0.05, 0.1) is 19.0 Å². The lowest BCUT2D eigenvalue weighted by molar-refractivity contribution is -0.132. The van der Waals surface area contributed by atoms with Gasteiger partial charge in [-0.2, -0.15) is 0 Å². The number of hydrogen-bond donors (Lipinski definition) is 0. The summed E-state index contributed by atoms with van der Waals surface area (Å²) in [5.41, 5.74) is 2.99. The first-order chi connectivity index (χ1) is 14.1. The standard InChI is InChI=1S/C23H24ClN3O2/c1-29-19-6-2-4-17(14-19)15-22(28)27-12-10-26(11-13-27)16-20-21(24)8-7-18-5-3-9-25-23(18)20/h2-9,14H,10-13,15-16H2,1H3. The van der Waals surface area contributed by atoms with Gasteiger partial charge in [0.2, 0.25) is 5.91 Å². The summed E-state index contributed by atoms with van der Waals surface area (Å²) in [7, 11) is 1.64. The van der Waals surface area contributed by atoms with Gasteiger partial charge in [-0.1, -0.05) is 35.9 Å². The molecule has 1 fully saturated rings. The largest absolute Gasteiger partial charge is 0.497 e. The first-order valence-electron chi connectivity index (χ1n) is 9.79. The zero-order valence-electron chi connectivity index (χ0n) is 16.5. The number of fused-ring (bicyclic) bond motifs is 1. The lowest BCUT2D eigenvalue weighted by Gasteiger charge is -2.35. The lowest BCUT2D eigenvalue weighted by atomic mass is 10.1. The van der Waals surface area contributed by atoms with Gasteiger partial charge >= 0.3 is 0 Å². The first kappa shape index (κ1) is 19.7. The molecule has 1 aliphatic rings. The number of methoxy groups -OCH3 is 1. The number of halogens is 1. The molecule has 0 spiro atoms. The number of piperazine rings is 1. The number of carbonyl (C=O) groups excluding carboxylic acids is 1. The van der Waals surface area contributed by atoms with Gasteiger partial charge in [0.25, 0.3) is 0 Å². The number of carbonyl (C=O) groups is 1. The lowest BCUT2D eigenvalue weighted by Crippen LogP contribution is -2.48. The second-order valence-electron chi connectivity index (χ2n) is 7.29. The average Bonchev–Trinajstić information content (AvgIpc) is 2.76. The third-order valence-corrected chi connectivity index (χ3v) is 5.77. The van der Waals surface area contributed by atoms with Crippen molar-refractivity contribution in [3.8, 4) is 5.75 Å². The Kier molecular flexibility index (Phi) is 5.97. The first-order valence-corrected chi connectivity index (χ1v) is 10.2. The number of rotatable bonds is 5. The van der Waals surface area contributed by atoms with Crippen LogP contribution < -0.4 is 4.74 Å². The molecule has 4 rings (SSSR count). The molecule has 1 amide bonds. The Morgan fingerprint density at radius 3 is 2.72 bits per heavy atom. The van der Waals surface area contributed by atoms with Crippen LogP contribution in [0.4, 0.5) is 0 Å². The number of aromatic nitrogens is 1. The summed E-state index contributed by atoms with van der Waals surface area (Å²) >= 11 is 6.48. The molecule has 1 saturated heterocycles. The van der Waals surface area contributed by atoms with Gasteiger partial charge in [0, 0.05) is 54.9 Å². The van der Waals surface area contributed by atoms with Gasteiger partial charge in [0.1, 0.15) is 5.75 Å². The summed E-state index contributed by atoms with van der Waals surface area (Å²) in [6.45, 7) is 3.83. The molecule has 1 aliphatic heterocycles. The summed E-state index contributed by atoms with van der Waals surface area (Å²) in [6, 6.07) is 15.6. The fourth-order valence-corrected chi connectivity index (χ4v) is 3.99. The predicted octanol–water partition coefficient (Wildman–Crippen LogP) is 3.78. The van der Waals surface area contributed by atoms with Crippen LogP contribution in [-0.2, 0) is 17.8 Å². The molecule has 6 heteroatoms. The summed E-state index contributed by atoms with van der Waals surface area (Å²) in [4.78, 5) is 21.5. The molecule has 0 bridgehead atoms. The molecule has 3 aromatic rings. The molecule has 0 saturated carbocycles. The van der Waals surface area contributed by atoms with Crippen molar-refractivity contribution in [1.82, 2.24) is 14.8 Å². The third-order valence-electron chi connectivity index (χ3n) is 5.42. The Hall–Kier alpha value is -2.63. The number of ether oxygens (including phenoxy) is 1. The summed E-state index contributed by atoms with van der Waals surface area (Å²) in [5, 5.41) is 1.84. The van der Waals surface area contributed by atoms with Gasteiger partial charge in [-0.25, -0.2) is 0 Å². The van der Waals surface area contributed by atoms with E-state index in [2.05, 4.69) is 16.0 Å². The smallest absolute Gasteiger partial charge is 0.227 e. The minimum absolute atomic E-state index is 0.155. The van der Waals surface area contributed by atoms with Gasteiger partial charge in [-0.15, -0.1) is 0 Å². The van der Waals surface area contributed by atoms with Crippen molar-refractivity contribution in [1.29, 1.82) is 0 Å². The van der Waals surface area contributed by atoms with E-state index >= 15 is 0 Å². The van der Waals surface area contributed by atoms with Crippen LogP contribution in [0.2, 0.25) is 5.02 Å². The minimum atomic E-state index is 0.155. The Balaban J connectivity index is 1.37. The van der Waals surface area contributed by atoms with E-state index in [0.717, 1.165) is 65.5 Å². The van der Waals surface area contributed by atoms with Crippen LogP contribution in [0.25, 0.3) is 10.9 Å². The fourth-order valence-electron chi connectivity index (χ4n) is 3.78. The molecule has 0 aliphatic carbocycles. The van der Waals surface area contributed by atoms with Crippen LogP contribution in [-0.4, -0.2) is 54.0 Å². The summed E-state index contributed by atoms with van der Waals surface area (Å²) in [6.07, 6.45) is 2.20. The SMILES string of the molecule is COc1cccc(CC(=O)N2CCN(Cc3c(Cl)ccc4cccnc34)CC2)c1. The third kappa shape index (κ3) is 4.52. The van der Waals surface area contributed by atoms with Crippen LogP contribution in [0, 0.1) is 0 Å². The van der Waals surface area contributed by atoms with E-state index < -0.39 is 0 Å². The summed E-state index contributed by atoms with van der Waals surface area (Å²) < 4.78 is 5.25. The second kappa shape index (κ2) is 8.80. The van der Waals surface area contributed by atoms with Crippen molar-refractivity contribution in [3.63, 3.8) is 0 Å². The van der Waals surface area contributed by atoms with Crippen molar-refractivity contribution < 1.29 is 9.53 Å². The van der Waals surface area contributed by atoms with E-state index in [-0.39, 0.29) is 5.91 Å². The molecule has 0 radical (unpaired) electrons. The number of benzene rings is 2. The Bertz CT molecular complexity index is 1020. The van der Waals surface area contributed by atoms with Crippen molar-refractivity contribution in [2.75, 3.05) is 33.3 Å². The van der Waals surface area contributed by atoms with Crippen molar-refractivity contribution in [2.45, 2.75) is 13.0 Å². The van der Waals surface area contributed by atoms with Crippen LogP contribution in [0.15, 0.2) is 54.7 Å². The molecule has 1 aromatic heterocycles. The van der Waals surface area contributed by atoms with E-state index in [1.165, 1.54) is 0 Å².